The predicted molar refractivity (Wildman–Crippen MR) is 102 cm³/mol. The van der Waals surface area contributed by atoms with Gasteiger partial charge in [-0.25, -0.2) is 0 Å². The zero-order chi connectivity index (χ0) is 18.9. The van der Waals surface area contributed by atoms with Gasteiger partial charge in [0.1, 0.15) is 5.75 Å². The van der Waals surface area contributed by atoms with Gasteiger partial charge < -0.3 is 19.2 Å². The molecule has 0 saturated carbocycles. The van der Waals surface area contributed by atoms with Crippen LogP contribution in [0.25, 0.3) is 10.9 Å². The number of nitrogens with zero attached hydrogens (tertiary/aromatic N) is 1. The van der Waals surface area contributed by atoms with E-state index >= 15 is 0 Å². The van der Waals surface area contributed by atoms with Crippen molar-refractivity contribution in [2.75, 3.05) is 6.61 Å². The third-order valence-corrected chi connectivity index (χ3v) is 4.29. The number of hydrogen-bond donors (Lipinski definition) is 0. The van der Waals surface area contributed by atoms with Crippen molar-refractivity contribution < 1.29 is 44.2 Å². The van der Waals surface area contributed by atoms with Gasteiger partial charge in [-0.15, -0.1) is 0 Å². The Morgan fingerprint density at radius 3 is 2.59 bits per heavy atom. The van der Waals surface area contributed by atoms with Crippen molar-refractivity contribution in [1.29, 1.82) is 0 Å². The van der Waals surface area contributed by atoms with Crippen LogP contribution >= 0.6 is 11.6 Å². The molecule has 0 aliphatic rings. The molecule has 6 heteroatoms. The van der Waals surface area contributed by atoms with Crippen molar-refractivity contribution in [2.45, 2.75) is 27.3 Å². The van der Waals surface area contributed by atoms with E-state index in [0.29, 0.717) is 23.6 Å². The molecule has 0 N–H and O–H groups in total. The fourth-order valence-electron chi connectivity index (χ4n) is 2.83. The first-order valence-corrected chi connectivity index (χ1v) is 8.83. The van der Waals surface area contributed by atoms with Crippen LogP contribution in [0.3, 0.4) is 0 Å². The van der Waals surface area contributed by atoms with Gasteiger partial charge in [-0.05, 0) is 35.7 Å². The summed E-state index contributed by atoms with van der Waals surface area (Å²) in [5.74, 6) is -0.396. The molecule has 2 aromatic carbocycles. The molecular formula is C21H21ClNNaO3. The van der Waals surface area contributed by atoms with Crippen LogP contribution in [0.4, 0.5) is 0 Å². The number of aromatic nitrogens is 1. The molecule has 0 saturated heterocycles. The van der Waals surface area contributed by atoms with Crippen molar-refractivity contribution in [1.82, 2.24) is 4.57 Å². The zero-order valence-electron chi connectivity index (χ0n) is 16.1. The Kier molecular flexibility index (Phi) is 7.03. The van der Waals surface area contributed by atoms with Gasteiger partial charge >= 0.3 is 29.6 Å². The monoisotopic (exact) mass is 393 g/mol. The Labute approximate surface area is 186 Å². The van der Waals surface area contributed by atoms with Gasteiger partial charge in [-0.3, -0.25) is 0 Å². The van der Waals surface area contributed by atoms with Crippen molar-refractivity contribution in [3.05, 3.63) is 64.8 Å². The normalized spacial score (nSPS) is 11.3. The molecule has 3 aromatic rings. The summed E-state index contributed by atoms with van der Waals surface area (Å²) in [6.45, 7) is 7.46. The van der Waals surface area contributed by atoms with Gasteiger partial charge in [0.15, 0.2) is 0 Å². The van der Waals surface area contributed by atoms with Gasteiger partial charge in [0.2, 0.25) is 0 Å². The van der Waals surface area contributed by atoms with Crippen LogP contribution in [-0.4, -0.2) is 17.1 Å². The van der Waals surface area contributed by atoms with E-state index in [9.17, 15) is 9.90 Å². The minimum atomic E-state index is -1.18. The molecule has 0 unspecified atom stereocenters. The van der Waals surface area contributed by atoms with E-state index in [4.69, 9.17) is 16.3 Å². The van der Waals surface area contributed by atoms with Gasteiger partial charge in [-0.2, -0.15) is 0 Å². The topological polar surface area (TPSA) is 54.3 Å². The maximum absolute atomic E-state index is 11.3. The van der Waals surface area contributed by atoms with Crippen LogP contribution in [0.2, 0.25) is 5.02 Å². The number of hydrogen-bond acceptors (Lipinski definition) is 3. The molecule has 0 aliphatic heterocycles. The first-order valence-electron chi connectivity index (χ1n) is 8.45. The molecule has 136 valence electrons. The fraction of sp³-hybridized carbons (Fsp3) is 0.286. The van der Waals surface area contributed by atoms with Crippen molar-refractivity contribution in [3.63, 3.8) is 0 Å². The second-order valence-corrected chi connectivity index (χ2v) is 8.01. The molecule has 1 heterocycles. The molecule has 0 bridgehead atoms. The summed E-state index contributed by atoms with van der Waals surface area (Å²) >= 11 is 6.18. The quantitative estimate of drug-likeness (QED) is 0.611. The smallest absolute Gasteiger partial charge is 0.545 e. The number of aromatic carboxylic acids is 1. The largest absolute Gasteiger partial charge is 1.00 e. The number of ether oxygens (including phenoxy) is 1. The van der Waals surface area contributed by atoms with Gasteiger partial charge in [0.05, 0.1) is 19.1 Å². The van der Waals surface area contributed by atoms with Crippen LogP contribution < -0.4 is 39.4 Å². The van der Waals surface area contributed by atoms with E-state index in [1.54, 1.807) is 18.2 Å². The Morgan fingerprint density at radius 2 is 1.93 bits per heavy atom. The summed E-state index contributed by atoms with van der Waals surface area (Å²) in [5, 5.41) is 12.6. The van der Waals surface area contributed by atoms with Crippen molar-refractivity contribution in [2.24, 2.45) is 5.41 Å². The van der Waals surface area contributed by atoms with E-state index in [-0.39, 0.29) is 40.5 Å². The predicted octanol–water partition coefficient (Wildman–Crippen LogP) is 1.14. The average Bonchev–Trinajstić information content (AvgIpc) is 2.96. The van der Waals surface area contributed by atoms with Crippen LogP contribution in [0.1, 0.15) is 36.7 Å². The second-order valence-electron chi connectivity index (χ2n) is 7.57. The standard InChI is InChI=1S/C21H22ClNO3.Na/c1-21(2,3)13-26-19-8-7-15(22)11-14(19)12-23-10-9-16-17(20(24)25)5-4-6-18(16)23;/h4-11H,12-13H2,1-3H3,(H,24,25);/q;+1/p-1. The average molecular weight is 394 g/mol. The molecule has 0 radical (unpaired) electrons. The van der Waals surface area contributed by atoms with E-state index in [1.165, 1.54) is 0 Å². The van der Waals surface area contributed by atoms with Crippen LogP contribution in [0.5, 0.6) is 5.75 Å². The summed E-state index contributed by atoms with van der Waals surface area (Å²) in [6.07, 6.45) is 1.87. The molecule has 0 amide bonds. The Hall–Kier alpha value is -1.46. The summed E-state index contributed by atoms with van der Waals surface area (Å²) in [5.41, 5.74) is 2.00. The molecule has 3 rings (SSSR count). The number of halogens is 1. The third kappa shape index (κ3) is 5.29. The fourth-order valence-corrected chi connectivity index (χ4v) is 3.02. The van der Waals surface area contributed by atoms with Crippen molar-refractivity contribution >= 4 is 28.5 Å². The first-order chi connectivity index (χ1) is 12.2. The minimum absolute atomic E-state index is 0. The summed E-state index contributed by atoms with van der Waals surface area (Å²) in [7, 11) is 0. The molecule has 1 aromatic heterocycles. The Morgan fingerprint density at radius 1 is 1.19 bits per heavy atom. The van der Waals surface area contributed by atoms with E-state index < -0.39 is 5.97 Å². The second kappa shape index (κ2) is 8.70. The number of carbonyl (C=O) groups excluding carboxylic acids is 1. The SMILES string of the molecule is CC(C)(C)COc1ccc(Cl)cc1Cn1ccc2c(C(=O)[O-])cccc21.[Na+]. The molecule has 0 spiro atoms. The number of carboxylic acid groups (broad SMARTS) is 1. The van der Waals surface area contributed by atoms with Crippen molar-refractivity contribution in [3.8, 4) is 5.75 Å². The number of benzene rings is 2. The molecule has 27 heavy (non-hydrogen) atoms. The number of carbonyl (C=O) groups is 1. The molecular weight excluding hydrogens is 373 g/mol. The van der Waals surface area contributed by atoms with Crippen LogP contribution in [-0.2, 0) is 6.54 Å². The summed E-state index contributed by atoms with van der Waals surface area (Å²) in [4.78, 5) is 11.3. The van der Waals surface area contributed by atoms with Crippen LogP contribution in [0, 0.1) is 5.41 Å². The van der Waals surface area contributed by atoms with E-state index in [2.05, 4.69) is 20.8 Å². The molecule has 4 nitrogen and oxygen atoms in total. The number of fused-ring (bicyclic) bond motifs is 1. The molecule has 0 aliphatic carbocycles. The Balaban J connectivity index is 0.00000261. The Bertz CT molecular complexity index is 960. The first kappa shape index (κ1) is 21.8. The summed E-state index contributed by atoms with van der Waals surface area (Å²) in [6, 6.07) is 12.5. The van der Waals surface area contributed by atoms with Gasteiger partial charge in [-0.1, -0.05) is 44.5 Å². The van der Waals surface area contributed by atoms with E-state index in [1.807, 2.05) is 35.0 Å². The maximum Gasteiger partial charge on any atom is 1.00 e. The van der Waals surface area contributed by atoms with E-state index in [0.717, 1.165) is 16.8 Å². The minimum Gasteiger partial charge on any atom is -0.545 e. The number of carboxylic acids is 1. The maximum atomic E-state index is 11.3. The van der Waals surface area contributed by atoms with Gasteiger partial charge in [0, 0.05) is 33.2 Å². The summed E-state index contributed by atoms with van der Waals surface area (Å²) < 4.78 is 7.99. The molecule has 0 atom stereocenters. The number of rotatable bonds is 5. The van der Waals surface area contributed by atoms with Crippen LogP contribution in [0.15, 0.2) is 48.7 Å². The third-order valence-electron chi connectivity index (χ3n) is 4.06. The zero-order valence-corrected chi connectivity index (χ0v) is 18.8. The van der Waals surface area contributed by atoms with Gasteiger partial charge in [0.25, 0.3) is 0 Å². The molecule has 0 fully saturated rings.